The minimum atomic E-state index is -0.487. The molecule has 9 nitrogen and oxygen atoms in total. The lowest BCUT2D eigenvalue weighted by Crippen LogP contribution is -2.41. The number of carbonyl (C=O) groups excluding carboxylic acids is 3. The highest BCUT2D eigenvalue weighted by Gasteiger charge is 2.20. The van der Waals surface area contributed by atoms with Crippen LogP contribution >= 0.6 is 0 Å². The number of benzene rings is 2. The predicted molar refractivity (Wildman–Crippen MR) is 145 cm³/mol. The highest BCUT2D eigenvalue weighted by atomic mass is 16.5. The number of unbranched alkanes of at least 4 members (excludes halogenated alkanes) is 4. The van der Waals surface area contributed by atoms with Gasteiger partial charge in [-0.2, -0.15) is 0 Å². The number of hydrogen-bond donors (Lipinski definition) is 2. The third-order valence-electron chi connectivity index (χ3n) is 6.64. The zero-order valence-electron chi connectivity index (χ0n) is 22.4. The first-order valence-electron chi connectivity index (χ1n) is 13.3. The minimum Gasteiger partial charge on any atom is -0.465 e. The second-order valence-electron chi connectivity index (χ2n) is 9.34. The van der Waals surface area contributed by atoms with Crippen molar-refractivity contribution in [2.75, 3.05) is 45.4 Å². The number of anilines is 1. The monoisotopic (exact) mass is 525 g/mol. The molecule has 0 spiro atoms. The molecule has 0 bridgehead atoms. The SMILES string of the molecule is COCCCCCCCOC1CCN(c2ccc(C(=O)NNC(=O)c3ccc(C(=O)OC)cc3)cc2)CC1. The average Bonchev–Trinajstić information content (AvgIpc) is 2.97. The van der Waals surface area contributed by atoms with Gasteiger partial charge in [-0.1, -0.05) is 19.3 Å². The molecule has 1 saturated heterocycles. The fourth-order valence-corrected chi connectivity index (χ4v) is 4.37. The van der Waals surface area contributed by atoms with Crippen LogP contribution in [-0.2, 0) is 14.2 Å². The molecule has 2 amide bonds. The summed E-state index contributed by atoms with van der Waals surface area (Å²) in [4.78, 5) is 38.6. The maximum atomic E-state index is 12.5. The van der Waals surface area contributed by atoms with Gasteiger partial charge in [-0.25, -0.2) is 4.79 Å². The van der Waals surface area contributed by atoms with Crippen molar-refractivity contribution in [1.29, 1.82) is 0 Å². The molecule has 0 unspecified atom stereocenters. The molecule has 2 aromatic rings. The fraction of sp³-hybridized carbons (Fsp3) is 0.483. The Morgan fingerprint density at radius 3 is 1.79 bits per heavy atom. The molecular formula is C29H39N3O6. The molecule has 1 heterocycles. The van der Waals surface area contributed by atoms with E-state index in [9.17, 15) is 14.4 Å². The van der Waals surface area contributed by atoms with Crippen molar-refractivity contribution in [3.63, 3.8) is 0 Å². The fourth-order valence-electron chi connectivity index (χ4n) is 4.37. The van der Waals surface area contributed by atoms with Crippen LogP contribution < -0.4 is 15.8 Å². The molecule has 1 aliphatic heterocycles. The van der Waals surface area contributed by atoms with Crippen molar-refractivity contribution in [2.45, 2.75) is 51.0 Å². The van der Waals surface area contributed by atoms with Crippen molar-refractivity contribution in [3.8, 4) is 0 Å². The van der Waals surface area contributed by atoms with E-state index in [-0.39, 0.29) is 0 Å². The highest BCUT2D eigenvalue weighted by Crippen LogP contribution is 2.22. The van der Waals surface area contributed by atoms with E-state index in [1.165, 1.54) is 50.6 Å². The number of nitrogens with zero attached hydrogens (tertiary/aromatic N) is 1. The Hall–Kier alpha value is -3.43. The number of nitrogens with one attached hydrogen (secondary N) is 2. The van der Waals surface area contributed by atoms with Gasteiger partial charge >= 0.3 is 5.97 Å². The molecule has 0 aromatic heterocycles. The zero-order valence-corrected chi connectivity index (χ0v) is 22.4. The number of hydrazine groups is 1. The lowest BCUT2D eigenvalue weighted by molar-refractivity contribution is 0.0347. The summed E-state index contributed by atoms with van der Waals surface area (Å²) in [5, 5.41) is 0. The minimum absolute atomic E-state index is 0.304. The summed E-state index contributed by atoms with van der Waals surface area (Å²) < 4.78 is 15.8. The molecule has 38 heavy (non-hydrogen) atoms. The lowest BCUT2D eigenvalue weighted by atomic mass is 10.1. The smallest absolute Gasteiger partial charge is 0.337 e. The first-order chi connectivity index (χ1) is 18.5. The van der Waals surface area contributed by atoms with Crippen molar-refractivity contribution < 1.29 is 28.6 Å². The van der Waals surface area contributed by atoms with Gasteiger partial charge in [0.2, 0.25) is 0 Å². The Balaban J connectivity index is 1.35. The third-order valence-corrected chi connectivity index (χ3v) is 6.64. The van der Waals surface area contributed by atoms with E-state index < -0.39 is 17.8 Å². The van der Waals surface area contributed by atoms with Gasteiger partial charge in [0.25, 0.3) is 11.8 Å². The van der Waals surface area contributed by atoms with Crippen LogP contribution in [0.5, 0.6) is 0 Å². The van der Waals surface area contributed by atoms with E-state index in [4.69, 9.17) is 9.47 Å². The predicted octanol–water partition coefficient (Wildman–Crippen LogP) is 4.13. The van der Waals surface area contributed by atoms with Crippen LogP contribution in [0.15, 0.2) is 48.5 Å². The van der Waals surface area contributed by atoms with Gasteiger partial charge in [0, 0.05) is 50.2 Å². The molecule has 0 radical (unpaired) electrons. The zero-order chi connectivity index (χ0) is 27.2. The molecule has 206 valence electrons. The van der Waals surface area contributed by atoms with Gasteiger partial charge in [-0.05, 0) is 74.2 Å². The number of amides is 2. The van der Waals surface area contributed by atoms with Crippen LogP contribution in [0.1, 0.15) is 76.0 Å². The van der Waals surface area contributed by atoms with Crippen LogP contribution in [-0.4, -0.2) is 64.4 Å². The van der Waals surface area contributed by atoms with Gasteiger partial charge in [0.05, 0.1) is 18.8 Å². The third kappa shape index (κ3) is 9.15. The van der Waals surface area contributed by atoms with E-state index in [1.54, 1.807) is 19.2 Å². The standard InChI is InChI=1S/C29H39N3O6/c1-36-20-6-4-3-5-7-21-38-26-16-18-32(19-17-26)25-14-12-23(13-15-25)28(34)31-30-27(33)22-8-10-24(11-9-22)29(35)37-2/h8-15,26H,3-7,16-21H2,1-2H3,(H,30,33)(H,31,34). The lowest BCUT2D eigenvalue weighted by Gasteiger charge is -2.33. The van der Waals surface area contributed by atoms with Crippen molar-refractivity contribution in [3.05, 3.63) is 65.2 Å². The Bertz CT molecular complexity index is 1020. The van der Waals surface area contributed by atoms with E-state index in [2.05, 4.69) is 20.5 Å². The topological polar surface area (TPSA) is 106 Å². The number of piperidine rings is 1. The number of carbonyl (C=O) groups is 3. The summed E-state index contributed by atoms with van der Waals surface area (Å²) in [7, 11) is 3.04. The van der Waals surface area contributed by atoms with Gasteiger partial charge in [-0.3, -0.25) is 20.4 Å². The molecular weight excluding hydrogens is 486 g/mol. The molecule has 3 rings (SSSR count). The van der Waals surface area contributed by atoms with Gasteiger partial charge < -0.3 is 19.1 Å². The molecule has 0 atom stereocenters. The quantitative estimate of drug-likeness (QED) is 0.230. The molecule has 1 aliphatic rings. The first kappa shape index (κ1) is 29.1. The number of esters is 1. The van der Waals surface area contributed by atoms with Gasteiger partial charge in [-0.15, -0.1) is 0 Å². The summed E-state index contributed by atoms with van der Waals surface area (Å²) in [6, 6.07) is 13.3. The maximum absolute atomic E-state index is 12.5. The normalized spacial score (nSPS) is 13.7. The van der Waals surface area contributed by atoms with E-state index in [0.29, 0.717) is 22.8 Å². The second-order valence-corrected chi connectivity index (χ2v) is 9.34. The van der Waals surface area contributed by atoms with E-state index in [1.807, 2.05) is 12.1 Å². The first-order valence-corrected chi connectivity index (χ1v) is 13.3. The van der Waals surface area contributed by atoms with Crippen LogP contribution in [0.2, 0.25) is 0 Å². The summed E-state index contributed by atoms with van der Waals surface area (Å²) in [5.74, 6) is -1.39. The van der Waals surface area contributed by atoms with E-state index >= 15 is 0 Å². The van der Waals surface area contributed by atoms with Crippen LogP contribution in [0.4, 0.5) is 5.69 Å². The highest BCUT2D eigenvalue weighted by molar-refractivity contribution is 5.99. The molecule has 2 aromatic carbocycles. The van der Waals surface area contributed by atoms with Gasteiger partial charge in [0.1, 0.15) is 0 Å². The molecule has 1 fully saturated rings. The Morgan fingerprint density at radius 2 is 1.24 bits per heavy atom. The Kier molecular flexibility index (Phi) is 12.1. The molecule has 9 heteroatoms. The number of hydrogen-bond acceptors (Lipinski definition) is 7. The largest absolute Gasteiger partial charge is 0.465 e. The average molecular weight is 526 g/mol. The van der Waals surface area contributed by atoms with Gasteiger partial charge in [0.15, 0.2) is 0 Å². The van der Waals surface area contributed by atoms with Crippen LogP contribution in [0.25, 0.3) is 0 Å². The summed E-state index contributed by atoms with van der Waals surface area (Å²) in [6.45, 7) is 3.50. The Labute approximate surface area is 224 Å². The number of methoxy groups -OCH3 is 2. The second kappa shape index (κ2) is 15.7. The van der Waals surface area contributed by atoms with Crippen LogP contribution in [0, 0.1) is 0 Å². The summed E-state index contributed by atoms with van der Waals surface area (Å²) in [6.07, 6.45) is 8.19. The number of ether oxygens (including phenoxy) is 3. The number of rotatable bonds is 13. The molecule has 2 N–H and O–H groups in total. The maximum Gasteiger partial charge on any atom is 0.337 e. The van der Waals surface area contributed by atoms with Crippen molar-refractivity contribution in [2.24, 2.45) is 0 Å². The van der Waals surface area contributed by atoms with Crippen LogP contribution in [0.3, 0.4) is 0 Å². The van der Waals surface area contributed by atoms with Crippen molar-refractivity contribution in [1.82, 2.24) is 10.9 Å². The summed E-state index contributed by atoms with van der Waals surface area (Å²) >= 11 is 0. The van der Waals surface area contributed by atoms with Crippen molar-refractivity contribution >= 4 is 23.5 Å². The Morgan fingerprint density at radius 1 is 0.737 bits per heavy atom. The summed E-state index contributed by atoms with van der Waals surface area (Å²) in [5.41, 5.74) is 6.96. The van der Waals surface area contributed by atoms with E-state index in [0.717, 1.165) is 57.7 Å². The molecule has 0 saturated carbocycles. The molecule has 0 aliphatic carbocycles.